The standard InChI is InChI=1S/C17H21N3O3/c1-9(2)14-8-23-17-10(7-15(21)20(14)17)6-12-11(16(18)19-22)4-3-5-13(12)17/h3-5,9-10,14,22H,6-8H2,1-2H3,(H2,18,19)/t10-,14+,17-/m1/s1. The molecule has 1 amide bonds. The summed E-state index contributed by atoms with van der Waals surface area (Å²) in [6, 6.07) is 5.85. The van der Waals surface area contributed by atoms with Crippen molar-refractivity contribution in [2.45, 2.75) is 38.5 Å². The van der Waals surface area contributed by atoms with Crippen molar-refractivity contribution < 1.29 is 14.7 Å². The average molecular weight is 315 g/mol. The number of benzene rings is 1. The second-order valence-corrected chi connectivity index (χ2v) is 7.00. The normalized spacial score (nSPS) is 32.4. The fraction of sp³-hybridized carbons (Fsp3) is 0.529. The van der Waals surface area contributed by atoms with E-state index >= 15 is 0 Å². The quantitative estimate of drug-likeness (QED) is 0.374. The van der Waals surface area contributed by atoms with Crippen LogP contribution in [0.25, 0.3) is 0 Å². The molecule has 122 valence electrons. The van der Waals surface area contributed by atoms with Crippen LogP contribution >= 0.6 is 0 Å². The predicted octanol–water partition coefficient (Wildman–Crippen LogP) is 1.39. The van der Waals surface area contributed by atoms with Crippen molar-refractivity contribution in [3.05, 3.63) is 34.9 Å². The van der Waals surface area contributed by atoms with Crippen LogP contribution in [-0.4, -0.2) is 34.5 Å². The Hall–Kier alpha value is -2.08. The molecule has 2 saturated heterocycles. The largest absolute Gasteiger partial charge is 0.409 e. The van der Waals surface area contributed by atoms with Gasteiger partial charge in [-0.05, 0) is 17.9 Å². The van der Waals surface area contributed by atoms with E-state index in [1.54, 1.807) is 0 Å². The second kappa shape index (κ2) is 4.71. The van der Waals surface area contributed by atoms with E-state index in [9.17, 15) is 4.79 Å². The van der Waals surface area contributed by atoms with Crippen LogP contribution in [0.5, 0.6) is 0 Å². The molecule has 2 fully saturated rings. The number of fused-ring (bicyclic) bond motifs is 1. The fourth-order valence-electron chi connectivity index (χ4n) is 4.55. The molecule has 4 rings (SSSR count). The highest BCUT2D eigenvalue weighted by atomic mass is 16.5. The Labute approximate surface area is 134 Å². The number of nitrogens with zero attached hydrogens (tertiary/aromatic N) is 2. The lowest BCUT2D eigenvalue weighted by molar-refractivity contribution is -0.142. The van der Waals surface area contributed by atoms with Gasteiger partial charge in [0.05, 0.1) is 12.6 Å². The highest BCUT2D eigenvalue weighted by Crippen LogP contribution is 2.57. The Morgan fingerprint density at radius 1 is 1.48 bits per heavy atom. The molecule has 2 heterocycles. The maximum absolute atomic E-state index is 12.6. The van der Waals surface area contributed by atoms with Crippen molar-refractivity contribution in [2.75, 3.05) is 6.61 Å². The summed E-state index contributed by atoms with van der Waals surface area (Å²) in [5.74, 6) is 0.718. The number of amides is 1. The van der Waals surface area contributed by atoms with E-state index in [-0.39, 0.29) is 23.7 Å². The molecule has 0 radical (unpaired) electrons. The Morgan fingerprint density at radius 3 is 2.96 bits per heavy atom. The Bertz CT molecular complexity index is 715. The maximum Gasteiger partial charge on any atom is 0.225 e. The van der Waals surface area contributed by atoms with Crippen LogP contribution in [0.4, 0.5) is 0 Å². The van der Waals surface area contributed by atoms with E-state index in [4.69, 9.17) is 15.7 Å². The summed E-state index contributed by atoms with van der Waals surface area (Å²) in [6.07, 6.45) is 1.21. The lowest BCUT2D eigenvalue weighted by Gasteiger charge is -2.35. The molecule has 1 aromatic carbocycles. The van der Waals surface area contributed by atoms with Crippen LogP contribution in [0.2, 0.25) is 0 Å². The molecule has 0 unspecified atom stereocenters. The Kier molecular flexibility index (Phi) is 2.97. The molecule has 6 heteroatoms. The first-order valence-corrected chi connectivity index (χ1v) is 8.07. The molecule has 3 aliphatic rings. The van der Waals surface area contributed by atoms with E-state index in [1.165, 1.54) is 0 Å². The number of ether oxygens (including phenoxy) is 1. The van der Waals surface area contributed by atoms with Crippen LogP contribution < -0.4 is 5.73 Å². The zero-order valence-corrected chi connectivity index (χ0v) is 13.3. The van der Waals surface area contributed by atoms with Gasteiger partial charge in [-0.1, -0.05) is 37.2 Å². The first kappa shape index (κ1) is 14.5. The van der Waals surface area contributed by atoms with Gasteiger partial charge in [0.25, 0.3) is 0 Å². The van der Waals surface area contributed by atoms with Crippen LogP contribution in [-0.2, 0) is 21.7 Å². The summed E-state index contributed by atoms with van der Waals surface area (Å²) in [5.41, 5.74) is 7.95. The van der Waals surface area contributed by atoms with Crippen molar-refractivity contribution >= 4 is 11.7 Å². The molecule has 6 nitrogen and oxygen atoms in total. The summed E-state index contributed by atoms with van der Waals surface area (Å²) in [6.45, 7) is 4.81. The summed E-state index contributed by atoms with van der Waals surface area (Å²) < 4.78 is 6.29. The van der Waals surface area contributed by atoms with Crippen LogP contribution in [0, 0.1) is 11.8 Å². The number of oxime groups is 1. The van der Waals surface area contributed by atoms with Crippen molar-refractivity contribution in [2.24, 2.45) is 22.7 Å². The molecule has 2 aliphatic heterocycles. The van der Waals surface area contributed by atoms with Crippen LogP contribution in [0.1, 0.15) is 37.0 Å². The third kappa shape index (κ3) is 1.67. The van der Waals surface area contributed by atoms with Crippen molar-refractivity contribution in [1.82, 2.24) is 4.90 Å². The van der Waals surface area contributed by atoms with E-state index in [2.05, 4.69) is 19.0 Å². The zero-order valence-electron chi connectivity index (χ0n) is 13.3. The second-order valence-electron chi connectivity index (χ2n) is 7.00. The highest BCUT2D eigenvalue weighted by Gasteiger charge is 2.64. The minimum absolute atomic E-state index is 0.0985. The molecule has 3 atom stereocenters. The number of hydrogen-bond donors (Lipinski definition) is 2. The minimum Gasteiger partial charge on any atom is -0.409 e. The molecule has 1 aliphatic carbocycles. The maximum atomic E-state index is 12.6. The lowest BCUT2D eigenvalue weighted by Crippen LogP contribution is -2.46. The molecule has 1 spiro atoms. The fourth-order valence-corrected chi connectivity index (χ4v) is 4.55. The molecule has 1 aromatic rings. The highest BCUT2D eigenvalue weighted by molar-refractivity contribution is 5.99. The molecular weight excluding hydrogens is 294 g/mol. The van der Waals surface area contributed by atoms with Crippen LogP contribution in [0.3, 0.4) is 0 Å². The molecule has 0 aromatic heterocycles. The molecular formula is C17H21N3O3. The monoisotopic (exact) mass is 315 g/mol. The van der Waals surface area contributed by atoms with Gasteiger partial charge in [0.15, 0.2) is 11.6 Å². The number of carbonyl (C=O) groups excluding carboxylic acids is 1. The van der Waals surface area contributed by atoms with Gasteiger partial charge in [0.1, 0.15) is 0 Å². The molecule has 3 N–H and O–H groups in total. The smallest absolute Gasteiger partial charge is 0.225 e. The van der Waals surface area contributed by atoms with Gasteiger partial charge in [-0.2, -0.15) is 0 Å². The number of hydrogen-bond acceptors (Lipinski definition) is 4. The summed E-state index contributed by atoms with van der Waals surface area (Å²) >= 11 is 0. The van der Waals surface area contributed by atoms with Gasteiger partial charge in [-0.25, -0.2) is 0 Å². The van der Waals surface area contributed by atoms with Crippen molar-refractivity contribution in [3.8, 4) is 0 Å². The topological polar surface area (TPSA) is 88.1 Å². The zero-order chi connectivity index (χ0) is 16.4. The van der Waals surface area contributed by atoms with Crippen molar-refractivity contribution in [1.29, 1.82) is 0 Å². The predicted molar refractivity (Wildman–Crippen MR) is 83.9 cm³/mol. The Morgan fingerprint density at radius 2 is 2.26 bits per heavy atom. The SMILES string of the molecule is CC(C)[C@@H]1CO[C@@]23c4cccc(/C(N)=N/O)c4C[C@@H]2CC(=O)N13. The molecule has 0 saturated carbocycles. The number of nitrogens with two attached hydrogens (primary N) is 1. The number of carbonyl (C=O) groups is 1. The van der Waals surface area contributed by atoms with Gasteiger partial charge in [-0.3, -0.25) is 4.79 Å². The van der Waals surface area contributed by atoms with E-state index in [0.29, 0.717) is 18.9 Å². The molecule has 23 heavy (non-hydrogen) atoms. The first-order chi connectivity index (χ1) is 11.0. The van der Waals surface area contributed by atoms with Gasteiger partial charge in [0, 0.05) is 23.5 Å². The van der Waals surface area contributed by atoms with Crippen LogP contribution in [0.15, 0.2) is 23.4 Å². The summed E-state index contributed by atoms with van der Waals surface area (Å²) in [4.78, 5) is 14.6. The lowest BCUT2D eigenvalue weighted by atomic mass is 9.96. The summed E-state index contributed by atoms with van der Waals surface area (Å²) in [5, 5.41) is 12.2. The number of rotatable bonds is 2. The third-order valence-corrected chi connectivity index (χ3v) is 5.57. The average Bonchev–Trinajstić information content (AvgIpc) is 3.14. The minimum atomic E-state index is -0.660. The summed E-state index contributed by atoms with van der Waals surface area (Å²) in [7, 11) is 0. The number of amidine groups is 1. The van der Waals surface area contributed by atoms with Gasteiger partial charge < -0.3 is 20.6 Å². The van der Waals surface area contributed by atoms with Crippen molar-refractivity contribution in [3.63, 3.8) is 0 Å². The Balaban J connectivity index is 1.89. The third-order valence-electron chi connectivity index (χ3n) is 5.57. The van der Waals surface area contributed by atoms with E-state index in [1.807, 2.05) is 23.1 Å². The van der Waals surface area contributed by atoms with Gasteiger partial charge in [-0.15, -0.1) is 0 Å². The van der Waals surface area contributed by atoms with Gasteiger partial charge >= 0.3 is 0 Å². The van der Waals surface area contributed by atoms with Gasteiger partial charge in [0.2, 0.25) is 5.91 Å². The van der Waals surface area contributed by atoms with E-state index in [0.717, 1.165) is 23.1 Å². The molecule has 0 bridgehead atoms. The van der Waals surface area contributed by atoms with E-state index < -0.39 is 5.72 Å². The first-order valence-electron chi connectivity index (χ1n) is 8.07.